The van der Waals surface area contributed by atoms with Crippen LogP contribution in [0.2, 0.25) is 0 Å². The lowest BCUT2D eigenvalue weighted by Gasteiger charge is -1.98. The zero-order valence-electron chi connectivity index (χ0n) is 5.52. The third-order valence-electron chi connectivity index (χ3n) is 0.759. The third-order valence-corrected chi connectivity index (χ3v) is 0.987. The van der Waals surface area contributed by atoms with Gasteiger partial charge in [0.25, 0.3) is 5.24 Å². The van der Waals surface area contributed by atoms with Gasteiger partial charge in [-0.05, 0) is 18.5 Å². The Hall–Kier alpha value is -0.830. The van der Waals surface area contributed by atoms with Gasteiger partial charge in [0, 0.05) is 0 Å². The fourth-order valence-corrected chi connectivity index (χ4v) is 0.376. The van der Waals surface area contributed by atoms with Crippen LogP contribution in [0.5, 0.6) is 0 Å². The summed E-state index contributed by atoms with van der Waals surface area (Å²) >= 11 is 4.92. The van der Waals surface area contributed by atoms with Crippen molar-refractivity contribution in [3.63, 3.8) is 0 Å². The van der Waals surface area contributed by atoms with Gasteiger partial charge >= 0.3 is 5.97 Å². The summed E-state index contributed by atoms with van der Waals surface area (Å²) in [6.45, 7) is 4.96. The molecule has 0 aliphatic heterocycles. The minimum Gasteiger partial charge on any atom is -0.462 e. The zero-order valence-corrected chi connectivity index (χ0v) is 6.27. The average Bonchev–Trinajstić information content (AvgIpc) is 1.87. The Morgan fingerprint density at radius 1 is 1.60 bits per heavy atom. The molecule has 0 bridgehead atoms. The molecule has 0 aliphatic carbocycles. The quantitative estimate of drug-likeness (QED) is 0.203. The third kappa shape index (κ3) is 2.64. The minimum atomic E-state index is -0.876. The van der Waals surface area contributed by atoms with Crippen LogP contribution < -0.4 is 0 Å². The van der Waals surface area contributed by atoms with E-state index in [1.807, 2.05) is 0 Å². The highest BCUT2D eigenvalue weighted by Crippen LogP contribution is 1.99. The fourth-order valence-electron chi connectivity index (χ4n) is 0.298. The number of esters is 1. The number of hydrogen-bond acceptors (Lipinski definition) is 3. The number of halogens is 1. The van der Waals surface area contributed by atoms with Gasteiger partial charge < -0.3 is 4.74 Å². The van der Waals surface area contributed by atoms with Crippen LogP contribution in [0.25, 0.3) is 0 Å². The Kier molecular flexibility index (Phi) is 3.72. The van der Waals surface area contributed by atoms with Crippen molar-refractivity contribution in [2.24, 2.45) is 0 Å². The van der Waals surface area contributed by atoms with E-state index in [9.17, 15) is 9.59 Å². The van der Waals surface area contributed by atoms with E-state index < -0.39 is 11.2 Å². The molecule has 4 heteroatoms. The molecule has 0 saturated heterocycles. The van der Waals surface area contributed by atoms with Gasteiger partial charge in [0.2, 0.25) is 0 Å². The summed E-state index contributed by atoms with van der Waals surface area (Å²) in [5.41, 5.74) is -0.330. The molecule has 0 saturated carbocycles. The van der Waals surface area contributed by atoms with Crippen LogP contribution >= 0.6 is 11.6 Å². The van der Waals surface area contributed by atoms with Crippen molar-refractivity contribution in [2.75, 3.05) is 6.61 Å². The maximum absolute atomic E-state index is 10.6. The summed E-state index contributed by atoms with van der Waals surface area (Å²) in [6, 6.07) is 0. The second kappa shape index (κ2) is 4.06. The Labute approximate surface area is 63.6 Å². The monoisotopic (exact) mass is 162 g/mol. The smallest absolute Gasteiger partial charge is 0.342 e. The van der Waals surface area contributed by atoms with Crippen LogP contribution in [0, 0.1) is 0 Å². The Morgan fingerprint density at radius 2 is 2.10 bits per heavy atom. The molecule has 0 aromatic heterocycles. The van der Waals surface area contributed by atoms with E-state index in [-0.39, 0.29) is 12.2 Å². The fraction of sp³-hybridized carbons (Fsp3) is 0.333. The molecule has 0 radical (unpaired) electrons. The first-order valence-corrected chi connectivity index (χ1v) is 3.03. The standard InChI is InChI=1S/C6H7ClO3/c1-3-10-6(9)4(2)5(7)8/h2-3H2,1H3. The number of carbonyl (C=O) groups excluding carboxylic acids is 2. The van der Waals surface area contributed by atoms with Crippen molar-refractivity contribution in [3.8, 4) is 0 Å². The van der Waals surface area contributed by atoms with Crippen LogP contribution in [0.1, 0.15) is 6.92 Å². The molecule has 56 valence electrons. The number of ether oxygens (including phenoxy) is 1. The molecule has 0 aromatic rings. The van der Waals surface area contributed by atoms with E-state index in [2.05, 4.69) is 11.3 Å². The Bertz CT molecular complexity index is 174. The molecule has 0 unspecified atom stereocenters. The van der Waals surface area contributed by atoms with Crippen molar-refractivity contribution in [3.05, 3.63) is 12.2 Å². The Balaban J connectivity index is 3.96. The highest BCUT2D eigenvalue weighted by molar-refractivity contribution is 6.70. The first kappa shape index (κ1) is 9.17. The molecule has 3 nitrogen and oxygen atoms in total. The molecule has 0 amide bonds. The Morgan fingerprint density at radius 3 is 2.40 bits per heavy atom. The summed E-state index contributed by atoms with van der Waals surface area (Å²) in [7, 11) is 0. The minimum absolute atomic E-state index is 0.210. The van der Waals surface area contributed by atoms with E-state index in [1.165, 1.54) is 0 Å². The van der Waals surface area contributed by atoms with Gasteiger partial charge in [0.15, 0.2) is 0 Å². The SMILES string of the molecule is C=C(C(=O)Cl)C(=O)OCC. The van der Waals surface area contributed by atoms with E-state index >= 15 is 0 Å². The normalized spacial score (nSPS) is 8.60. The molecule has 0 aromatic carbocycles. The summed E-state index contributed by atoms with van der Waals surface area (Å²) in [4.78, 5) is 20.8. The molecule has 0 atom stereocenters. The van der Waals surface area contributed by atoms with Crippen LogP contribution in [-0.2, 0) is 14.3 Å². The topological polar surface area (TPSA) is 43.4 Å². The summed E-state index contributed by atoms with van der Waals surface area (Å²) in [5, 5.41) is -0.876. The van der Waals surface area contributed by atoms with Gasteiger partial charge in [0.05, 0.1) is 6.61 Å². The zero-order chi connectivity index (χ0) is 8.15. The largest absolute Gasteiger partial charge is 0.462 e. The molecule has 0 aliphatic rings. The maximum Gasteiger partial charge on any atom is 0.342 e. The van der Waals surface area contributed by atoms with Gasteiger partial charge in [-0.2, -0.15) is 0 Å². The molecule has 0 spiro atoms. The summed E-state index contributed by atoms with van der Waals surface area (Å²) in [6.07, 6.45) is 0. The van der Waals surface area contributed by atoms with Crippen LogP contribution in [0.3, 0.4) is 0 Å². The molecule has 10 heavy (non-hydrogen) atoms. The predicted molar refractivity (Wildman–Crippen MR) is 36.6 cm³/mol. The first-order chi connectivity index (χ1) is 4.59. The van der Waals surface area contributed by atoms with Gasteiger partial charge in [-0.1, -0.05) is 6.58 Å². The van der Waals surface area contributed by atoms with Crippen LogP contribution in [-0.4, -0.2) is 17.8 Å². The maximum atomic E-state index is 10.6. The van der Waals surface area contributed by atoms with E-state index in [4.69, 9.17) is 11.6 Å². The predicted octanol–water partition coefficient (Wildman–Crippen LogP) is 0.871. The van der Waals surface area contributed by atoms with Gasteiger partial charge in [-0.15, -0.1) is 0 Å². The van der Waals surface area contributed by atoms with Crippen molar-refractivity contribution < 1.29 is 14.3 Å². The molecule has 0 heterocycles. The lowest BCUT2D eigenvalue weighted by atomic mass is 10.3. The van der Waals surface area contributed by atoms with Crippen molar-refractivity contribution >= 4 is 22.8 Å². The summed E-state index contributed by atoms with van der Waals surface area (Å²) < 4.78 is 4.42. The molecule has 0 fully saturated rings. The van der Waals surface area contributed by atoms with Crippen molar-refractivity contribution in [1.29, 1.82) is 0 Å². The van der Waals surface area contributed by atoms with Gasteiger partial charge in [-0.25, -0.2) is 4.79 Å². The second-order valence-corrected chi connectivity index (χ2v) is 1.82. The van der Waals surface area contributed by atoms with E-state index in [0.29, 0.717) is 0 Å². The lowest BCUT2D eigenvalue weighted by molar-refractivity contribution is -0.139. The van der Waals surface area contributed by atoms with Crippen LogP contribution in [0.4, 0.5) is 0 Å². The van der Waals surface area contributed by atoms with E-state index in [1.54, 1.807) is 6.92 Å². The van der Waals surface area contributed by atoms with Crippen molar-refractivity contribution in [1.82, 2.24) is 0 Å². The van der Waals surface area contributed by atoms with Crippen molar-refractivity contribution in [2.45, 2.75) is 6.92 Å². The molecule has 0 N–H and O–H groups in total. The molecular weight excluding hydrogens is 156 g/mol. The number of rotatable bonds is 3. The number of carbonyl (C=O) groups is 2. The summed E-state index contributed by atoms with van der Waals surface area (Å²) in [5.74, 6) is -0.762. The number of hydrogen-bond donors (Lipinski definition) is 0. The first-order valence-electron chi connectivity index (χ1n) is 2.65. The van der Waals surface area contributed by atoms with E-state index in [0.717, 1.165) is 0 Å². The van der Waals surface area contributed by atoms with Gasteiger partial charge in [-0.3, -0.25) is 4.79 Å². The lowest BCUT2D eigenvalue weighted by Crippen LogP contribution is -2.10. The average molecular weight is 163 g/mol. The van der Waals surface area contributed by atoms with Gasteiger partial charge in [0.1, 0.15) is 5.57 Å². The second-order valence-electron chi connectivity index (χ2n) is 1.47. The highest BCUT2D eigenvalue weighted by Gasteiger charge is 2.13. The molecule has 0 rings (SSSR count). The highest BCUT2D eigenvalue weighted by atomic mass is 35.5. The van der Waals surface area contributed by atoms with Crippen LogP contribution in [0.15, 0.2) is 12.2 Å². The molecular formula is C6H7ClO3.